The van der Waals surface area contributed by atoms with E-state index in [2.05, 4.69) is 95.3 Å². The largest absolute Gasteiger partial charge is 0.453 e. The van der Waals surface area contributed by atoms with Crippen molar-refractivity contribution in [3.05, 3.63) is 84.7 Å². The summed E-state index contributed by atoms with van der Waals surface area (Å²) in [5, 5.41) is 7.67. The number of rotatable bonds is 11. The highest BCUT2D eigenvalue weighted by Gasteiger charge is 2.47. The summed E-state index contributed by atoms with van der Waals surface area (Å²) in [6.07, 6.45) is 3.80. The van der Waals surface area contributed by atoms with Crippen LogP contribution in [-0.4, -0.2) is 109 Å². The summed E-state index contributed by atoms with van der Waals surface area (Å²) in [6, 6.07) is 20.9. The Morgan fingerprint density at radius 1 is 0.629 bits per heavy atom. The monoisotopic (exact) mass is 876 g/mol. The Hall–Kier alpha value is -5.75. The maximum Gasteiger partial charge on any atom is 0.407 e. The third-order valence-corrected chi connectivity index (χ3v) is 17.7. The number of amides is 4. The number of fused-ring (bicyclic) bond motifs is 1. The highest BCUT2D eigenvalue weighted by atomic mass is 28.3. The smallest absolute Gasteiger partial charge is 0.407 e. The zero-order valence-corrected chi connectivity index (χ0v) is 39.5. The average Bonchev–Trinajstić information content (AvgIpc) is 4.06. The maximum absolute atomic E-state index is 14.0. The number of methoxy groups -OCH3 is 2. The number of hydrogen-bond acceptors (Lipinski definition) is 8. The van der Waals surface area contributed by atoms with Crippen molar-refractivity contribution >= 4 is 50.9 Å². The highest BCUT2D eigenvalue weighted by Crippen LogP contribution is 2.41. The molecule has 7 rings (SSSR count). The van der Waals surface area contributed by atoms with Gasteiger partial charge in [0.15, 0.2) is 0 Å². The van der Waals surface area contributed by atoms with Gasteiger partial charge < -0.3 is 39.9 Å². The van der Waals surface area contributed by atoms with Crippen LogP contribution in [0.25, 0.3) is 44.4 Å². The second-order valence-electron chi connectivity index (χ2n) is 19.1. The van der Waals surface area contributed by atoms with E-state index in [1.165, 1.54) is 14.2 Å². The van der Waals surface area contributed by atoms with Crippen molar-refractivity contribution < 1.29 is 28.7 Å². The standard InChI is InChI=1S/C46H60N8O6Si2/c1-27(2)39(51-45(57)59-5)43(55)53-25-61(7,8)23-37(53)41-47-21-35(49-41)30-17-15-29(16-18-30)31-19-20-34(33-14-12-11-13-32(31)33)36-22-48-42(50-36)38-24-62(9,10)26-54(38)44(56)40(28(3)4)52-46(58)60-6/h11-22,27-28,37-40H,23-26H2,1-10H3,(H,47,49)(H,48,50)(H,51,57)(H,52,58)/t37-,38-,39-,40-/m0/s1. The third-order valence-electron chi connectivity index (χ3n) is 12.3. The molecule has 2 aromatic heterocycles. The molecule has 3 aromatic carbocycles. The second kappa shape index (κ2) is 17.6. The normalized spacial score (nSPS) is 19.2. The number of ether oxygens (including phenoxy) is 2. The van der Waals surface area contributed by atoms with E-state index in [0.29, 0.717) is 12.3 Å². The minimum absolute atomic E-state index is 0.117. The number of nitrogens with one attached hydrogen (secondary N) is 4. The van der Waals surface area contributed by atoms with E-state index < -0.39 is 40.4 Å². The predicted octanol–water partition coefficient (Wildman–Crippen LogP) is 8.31. The minimum atomic E-state index is -1.79. The number of carbonyl (C=O) groups is 4. The van der Waals surface area contributed by atoms with Crippen molar-refractivity contribution in [3.63, 3.8) is 0 Å². The molecule has 2 saturated heterocycles. The summed E-state index contributed by atoms with van der Waals surface area (Å²) >= 11 is 0. The fourth-order valence-corrected chi connectivity index (χ4v) is 14.9. The summed E-state index contributed by atoms with van der Waals surface area (Å²) < 4.78 is 9.67. The fourth-order valence-electron chi connectivity index (χ4n) is 9.16. The summed E-state index contributed by atoms with van der Waals surface area (Å²) in [6.45, 7) is 16.8. The highest BCUT2D eigenvalue weighted by molar-refractivity contribution is 6.79. The van der Waals surface area contributed by atoms with Crippen molar-refractivity contribution in [3.8, 4) is 33.6 Å². The van der Waals surface area contributed by atoms with Crippen molar-refractivity contribution in [1.82, 2.24) is 40.4 Å². The van der Waals surface area contributed by atoms with Gasteiger partial charge in [-0.15, -0.1) is 0 Å². The number of imidazole rings is 2. The van der Waals surface area contributed by atoms with Gasteiger partial charge in [-0.3, -0.25) is 9.59 Å². The first-order valence-corrected chi connectivity index (χ1v) is 28.3. The molecule has 0 spiro atoms. The Labute approximate surface area is 365 Å². The van der Waals surface area contributed by atoms with Crippen LogP contribution in [0, 0.1) is 11.8 Å². The summed E-state index contributed by atoms with van der Waals surface area (Å²) in [7, 11) is -0.950. The molecule has 0 aliphatic carbocycles. The van der Waals surface area contributed by atoms with Crippen LogP contribution in [0.3, 0.4) is 0 Å². The van der Waals surface area contributed by atoms with Crippen LogP contribution in [0.15, 0.2) is 73.1 Å². The quantitative estimate of drug-likeness (QED) is 0.0959. The number of benzene rings is 3. The van der Waals surface area contributed by atoms with Crippen LogP contribution >= 0.6 is 0 Å². The third kappa shape index (κ3) is 9.07. The molecule has 0 radical (unpaired) electrons. The SMILES string of the molecule is COC(=O)N[C@H](C(=O)N1C[Si](C)(C)C[C@H]1c1ncc(-c2ccc(-c3ccc(-c4cnc([C@@H]5C[Si](C)(C)CN5C(=O)[C@@H](NC(=O)OC)C(C)C)[nH]4)c4ccccc34)cc2)[nH]1)C(C)C. The van der Waals surface area contributed by atoms with E-state index in [0.717, 1.165) is 68.2 Å². The first-order chi connectivity index (χ1) is 29.4. The van der Waals surface area contributed by atoms with E-state index in [4.69, 9.17) is 19.4 Å². The number of aromatic nitrogens is 4. The van der Waals surface area contributed by atoms with Gasteiger partial charge in [0.2, 0.25) is 11.8 Å². The van der Waals surface area contributed by atoms with Crippen molar-refractivity contribution in [1.29, 1.82) is 0 Å². The number of carbonyl (C=O) groups excluding carboxylic acids is 4. The lowest BCUT2D eigenvalue weighted by Crippen LogP contribution is -2.52. The Kier molecular flexibility index (Phi) is 12.5. The molecule has 0 bridgehead atoms. The number of H-pyrrole nitrogens is 2. The van der Waals surface area contributed by atoms with Crippen LogP contribution in [-0.2, 0) is 19.1 Å². The molecule has 2 aliphatic rings. The lowest BCUT2D eigenvalue weighted by molar-refractivity contribution is -0.135. The molecule has 4 heterocycles. The lowest BCUT2D eigenvalue weighted by atomic mass is 9.93. The zero-order valence-electron chi connectivity index (χ0n) is 37.5. The van der Waals surface area contributed by atoms with Crippen molar-refractivity contribution in [2.45, 2.75) is 90.1 Å². The molecule has 2 fully saturated rings. The Morgan fingerprint density at radius 3 is 1.52 bits per heavy atom. The van der Waals surface area contributed by atoms with Gasteiger partial charge in [-0.05, 0) is 51.4 Å². The van der Waals surface area contributed by atoms with Gasteiger partial charge in [0.25, 0.3) is 0 Å². The minimum Gasteiger partial charge on any atom is -0.453 e. The van der Waals surface area contributed by atoms with Crippen LogP contribution in [0.4, 0.5) is 9.59 Å². The van der Waals surface area contributed by atoms with E-state index >= 15 is 0 Å². The van der Waals surface area contributed by atoms with Gasteiger partial charge in [-0.2, -0.15) is 0 Å². The number of alkyl carbamates (subject to hydrolysis) is 2. The molecule has 16 heteroatoms. The Morgan fingerprint density at radius 2 is 1.05 bits per heavy atom. The molecule has 0 unspecified atom stereocenters. The molecule has 0 saturated carbocycles. The van der Waals surface area contributed by atoms with Crippen LogP contribution < -0.4 is 10.6 Å². The predicted molar refractivity (Wildman–Crippen MR) is 246 cm³/mol. The molecule has 5 aromatic rings. The van der Waals surface area contributed by atoms with Gasteiger partial charge in [-0.1, -0.05) is 115 Å². The Bertz CT molecular complexity index is 2460. The first kappa shape index (κ1) is 44.3. The van der Waals surface area contributed by atoms with Crippen LogP contribution in [0.5, 0.6) is 0 Å². The van der Waals surface area contributed by atoms with Crippen molar-refractivity contribution in [2.24, 2.45) is 11.8 Å². The molecular weight excluding hydrogens is 817 g/mol. The zero-order chi connectivity index (χ0) is 44.7. The number of aromatic amines is 2. The molecule has 4 amide bonds. The van der Waals surface area contributed by atoms with E-state index in [-0.39, 0.29) is 35.7 Å². The van der Waals surface area contributed by atoms with E-state index in [9.17, 15) is 19.2 Å². The second-order valence-corrected chi connectivity index (χ2v) is 29.2. The summed E-state index contributed by atoms with van der Waals surface area (Å²) in [5.41, 5.74) is 5.87. The van der Waals surface area contributed by atoms with Crippen LogP contribution in [0.2, 0.25) is 38.3 Å². The fraction of sp³-hybridized carbons (Fsp3) is 0.435. The number of nitrogens with zero attached hydrogens (tertiary/aromatic N) is 4. The molecule has 4 atom stereocenters. The van der Waals surface area contributed by atoms with Gasteiger partial charge in [0.1, 0.15) is 23.7 Å². The van der Waals surface area contributed by atoms with Crippen LogP contribution in [0.1, 0.15) is 51.4 Å². The van der Waals surface area contributed by atoms with Gasteiger partial charge >= 0.3 is 12.2 Å². The molecule has 4 N–H and O–H groups in total. The van der Waals surface area contributed by atoms with E-state index in [1.54, 1.807) is 0 Å². The average molecular weight is 877 g/mol. The molecule has 14 nitrogen and oxygen atoms in total. The van der Waals surface area contributed by atoms with Gasteiger partial charge in [0.05, 0.1) is 66.2 Å². The molecule has 328 valence electrons. The molecule has 62 heavy (non-hydrogen) atoms. The Balaban J connectivity index is 1.12. The lowest BCUT2D eigenvalue weighted by Gasteiger charge is -2.30. The van der Waals surface area contributed by atoms with E-state index in [1.807, 2.05) is 62.0 Å². The molecule has 2 aliphatic heterocycles. The molecular formula is C46H60N8O6Si2. The first-order valence-electron chi connectivity index (χ1n) is 21.4. The van der Waals surface area contributed by atoms with Gasteiger partial charge in [-0.25, -0.2) is 19.6 Å². The summed E-state index contributed by atoms with van der Waals surface area (Å²) in [5.74, 6) is 1.01. The summed E-state index contributed by atoms with van der Waals surface area (Å²) in [4.78, 5) is 72.9. The number of hydrogen-bond donors (Lipinski definition) is 4. The van der Waals surface area contributed by atoms with Crippen molar-refractivity contribution in [2.75, 3.05) is 26.6 Å². The topological polar surface area (TPSA) is 175 Å². The van der Waals surface area contributed by atoms with Gasteiger partial charge in [0, 0.05) is 17.9 Å². The maximum atomic E-state index is 14.0.